The summed E-state index contributed by atoms with van der Waals surface area (Å²) < 4.78 is 0. The maximum Gasteiger partial charge on any atom is 0.257 e. The van der Waals surface area contributed by atoms with Gasteiger partial charge in [0.15, 0.2) is 5.11 Å². The molecule has 0 unspecified atom stereocenters. The summed E-state index contributed by atoms with van der Waals surface area (Å²) in [5.74, 6) is -0.0262. The standard InChI is InChI=1S/C25H32N4O2S/c1-17-14-18(2)16-19(15-17)22(30)27-24(32)26-20-6-8-21(9-7-20)28-10-12-29(13-11-28)23(31)25(3,4)5/h6-9,14-16H,10-13H2,1-5H3,(H2,26,27,30,32). The molecule has 2 aromatic rings. The number of thiocarbonyl (C=S) groups is 1. The van der Waals surface area contributed by atoms with E-state index >= 15 is 0 Å². The largest absolute Gasteiger partial charge is 0.368 e. The first-order chi connectivity index (χ1) is 15.0. The van der Waals surface area contributed by atoms with Crippen LogP contribution in [0.5, 0.6) is 0 Å². The third-order valence-corrected chi connectivity index (χ3v) is 5.61. The number of carbonyl (C=O) groups excluding carboxylic acids is 2. The summed E-state index contributed by atoms with van der Waals surface area (Å²) in [7, 11) is 0. The number of rotatable bonds is 3. The van der Waals surface area contributed by atoms with Crippen LogP contribution in [-0.4, -0.2) is 48.0 Å². The Kier molecular flexibility index (Phi) is 7.19. The Morgan fingerprint density at radius 3 is 2.00 bits per heavy atom. The van der Waals surface area contributed by atoms with Crippen molar-refractivity contribution in [3.63, 3.8) is 0 Å². The van der Waals surface area contributed by atoms with Gasteiger partial charge in [0.1, 0.15) is 0 Å². The van der Waals surface area contributed by atoms with Gasteiger partial charge in [-0.2, -0.15) is 0 Å². The minimum Gasteiger partial charge on any atom is -0.368 e. The minimum atomic E-state index is -0.346. The van der Waals surface area contributed by atoms with Gasteiger partial charge in [-0.3, -0.25) is 14.9 Å². The fraction of sp³-hybridized carbons (Fsp3) is 0.400. The van der Waals surface area contributed by atoms with Crippen LogP contribution in [0.4, 0.5) is 11.4 Å². The number of amides is 2. The molecule has 0 spiro atoms. The predicted molar refractivity (Wildman–Crippen MR) is 134 cm³/mol. The molecule has 7 heteroatoms. The van der Waals surface area contributed by atoms with Gasteiger partial charge in [-0.05, 0) is 62.5 Å². The van der Waals surface area contributed by atoms with Gasteiger partial charge in [0.05, 0.1) is 0 Å². The first-order valence-corrected chi connectivity index (χ1v) is 11.3. The summed E-state index contributed by atoms with van der Waals surface area (Å²) in [5, 5.41) is 6.07. The highest BCUT2D eigenvalue weighted by Crippen LogP contribution is 2.22. The topological polar surface area (TPSA) is 64.7 Å². The van der Waals surface area contributed by atoms with E-state index in [1.807, 2.05) is 82.0 Å². The molecular weight excluding hydrogens is 420 g/mol. The smallest absolute Gasteiger partial charge is 0.257 e. The molecule has 6 nitrogen and oxygen atoms in total. The minimum absolute atomic E-state index is 0.202. The molecule has 0 aromatic heterocycles. The van der Waals surface area contributed by atoms with Gasteiger partial charge in [0.25, 0.3) is 5.91 Å². The normalized spacial score (nSPS) is 14.2. The van der Waals surface area contributed by atoms with Crippen LogP contribution in [0.15, 0.2) is 42.5 Å². The lowest BCUT2D eigenvalue weighted by Gasteiger charge is -2.38. The molecule has 2 N–H and O–H groups in total. The number of carbonyl (C=O) groups is 2. The molecule has 0 bridgehead atoms. The van der Waals surface area contributed by atoms with Crippen LogP contribution < -0.4 is 15.5 Å². The van der Waals surface area contributed by atoms with Crippen molar-refractivity contribution in [2.75, 3.05) is 36.4 Å². The van der Waals surface area contributed by atoms with Crippen LogP contribution in [0.3, 0.4) is 0 Å². The van der Waals surface area contributed by atoms with Crippen molar-refractivity contribution < 1.29 is 9.59 Å². The molecule has 1 aliphatic rings. The number of nitrogens with zero attached hydrogens (tertiary/aromatic N) is 2. The van der Waals surface area contributed by atoms with Gasteiger partial charge in [0.2, 0.25) is 5.91 Å². The lowest BCUT2D eigenvalue weighted by molar-refractivity contribution is -0.139. The maximum absolute atomic E-state index is 12.5. The molecular formula is C25H32N4O2S. The summed E-state index contributed by atoms with van der Waals surface area (Å²) in [6.07, 6.45) is 0. The molecule has 1 saturated heterocycles. The van der Waals surface area contributed by atoms with Crippen molar-refractivity contribution in [2.45, 2.75) is 34.6 Å². The first-order valence-electron chi connectivity index (χ1n) is 10.9. The molecule has 3 rings (SSSR count). The highest BCUT2D eigenvalue weighted by atomic mass is 32.1. The van der Waals surface area contributed by atoms with E-state index in [9.17, 15) is 9.59 Å². The lowest BCUT2D eigenvalue weighted by Crippen LogP contribution is -2.51. The van der Waals surface area contributed by atoms with Crippen LogP contribution in [0, 0.1) is 19.3 Å². The molecule has 1 heterocycles. The summed E-state index contributed by atoms with van der Waals surface area (Å²) in [4.78, 5) is 29.2. The molecule has 1 aliphatic heterocycles. The zero-order chi connectivity index (χ0) is 23.5. The van der Waals surface area contributed by atoms with Gasteiger partial charge in [-0.1, -0.05) is 38.0 Å². The zero-order valence-electron chi connectivity index (χ0n) is 19.5. The molecule has 32 heavy (non-hydrogen) atoms. The Bertz CT molecular complexity index is 983. The van der Waals surface area contributed by atoms with Gasteiger partial charge in [0, 0.05) is 48.5 Å². The third-order valence-electron chi connectivity index (χ3n) is 5.41. The van der Waals surface area contributed by atoms with Crippen LogP contribution in [0.25, 0.3) is 0 Å². The highest BCUT2D eigenvalue weighted by Gasteiger charge is 2.29. The predicted octanol–water partition coefficient (Wildman–Crippen LogP) is 4.12. The van der Waals surface area contributed by atoms with Crippen LogP contribution in [0.1, 0.15) is 42.3 Å². The molecule has 1 fully saturated rings. The van der Waals surface area contributed by atoms with Crippen LogP contribution in [0.2, 0.25) is 0 Å². The fourth-order valence-electron chi connectivity index (χ4n) is 3.84. The molecule has 2 aromatic carbocycles. The third kappa shape index (κ3) is 6.07. The average Bonchev–Trinajstić information content (AvgIpc) is 2.72. The van der Waals surface area contributed by atoms with Gasteiger partial charge < -0.3 is 15.1 Å². The molecule has 2 amide bonds. The Balaban J connectivity index is 1.53. The van der Waals surface area contributed by atoms with E-state index in [1.54, 1.807) is 0 Å². The van der Waals surface area contributed by atoms with Crippen molar-refractivity contribution in [3.05, 3.63) is 59.2 Å². The molecule has 0 atom stereocenters. The van der Waals surface area contributed by atoms with E-state index in [2.05, 4.69) is 15.5 Å². The summed E-state index contributed by atoms with van der Waals surface area (Å²) in [5.41, 5.74) is 4.22. The number of benzene rings is 2. The van der Waals surface area contributed by atoms with E-state index < -0.39 is 0 Å². The van der Waals surface area contributed by atoms with E-state index in [0.717, 1.165) is 48.7 Å². The quantitative estimate of drug-likeness (QED) is 0.686. The average molecular weight is 453 g/mol. The lowest BCUT2D eigenvalue weighted by atomic mass is 9.94. The second-order valence-corrected chi connectivity index (χ2v) is 9.77. The fourth-order valence-corrected chi connectivity index (χ4v) is 4.05. The van der Waals surface area contributed by atoms with Gasteiger partial charge in [-0.25, -0.2) is 0 Å². The van der Waals surface area contributed by atoms with E-state index in [0.29, 0.717) is 5.56 Å². The van der Waals surface area contributed by atoms with E-state index in [1.165, 1.54) is 0 Å². The zero-order valence-corrected chi connectivity index (χ0v) is 20.3. The number of anilines is 2. The van der Waals surface area contributed by atoms with Crippen molar-refractivity contribution in [3.8, 4) is 0 Å². The highest BCUT2D eigenvalue weighted by molar-refractivity contribution is 7.80. The number of piperazine rings is 1. The van der Waals surface area contributed by atoms with Crippen molar-refractivity contribution >= 4 is 40.5 Å². The summed E-state index contributed by atoms with van der Waals surface area (Å²) >= 11 is 5.31. The maximum atomic E-state index is 12.5. The number of nitrogens with one attached hydrogen (secondary N) is 2. The Labute approximate surface area is 196 Å². The number of hydrogen-bond acceptors (Lipinski definition) is 4. The van der Waals surface area contributed by atoms with E-state index in [4.69, 9.17) is 12.2 Å². The van der Waals surface area contributed by atoms with Crippen molar-refractivity contribution in [1.82, 2.24) is 10.2 Å². The SMILES string of the molecule is Cc1cc(C)cc(C(=O)NC(=S)Nc2ccc(N3CCN(C(=O)C(C)(C)C)CC3)cc2)c1. The van der Waals surface area contributed by atoms with Gasteiger partial charge >= 0.3 is 0 Å². The number of hydrogen-bond donors (Lipinski definition) is 2. The Hall–Kier alpha value is -2.93. The van der Waals surface area contributed by atoms with E-state index in [-0.39, 0.29) is 22.3 Å². The summed E-state index contributed by atoms with van der Waals surface area (Å²) in [6.45, 7) is 12.9. The second-order valence-electron chi connectivity index (χ2n) is 9.36. The molecule has 0 saturated carbocycles. The first kappa shape index (κ1) is 23.7. The Morgan fingerprint density at radius 1 is 0.906 bits per heavy atom. The van der Waals surface area contributed by atoms with Crippen molar-refractivity contribution in [1.29, 1.82) is 0 Å². The van der Waals surface area contributed by atoms with Crippen molar-refractivity contribution in [2.24, 2.45) is 5.41 Å². The van der Waals surface area contributed by atoms with Gasteiger partial charge in [-0.15, -0.1) is 0 Å². The summed E-state index contributed by atoms with van der Waals surface area (Å²) in [6, 6.07) is 13.6. The number of aryl methyl sites for hydroxylation is 2. The second kappa shape index (κ2) is 9.69. The van der Waals surface area contributed by atoms with Crippen LogP contribution in [-0.2, 0) is 4.79 Å². The molecule has 170 valence electrons. The molecule has 0 aliphatic carbocycles. The Morgan fingerprint density at radius 2 is 1.47 bits per heavy atom. The molecule has 0 radical (unpaired) electrons. The van der Waals surface area contributed by atoms with Crippen LogP contribution >= 0.6 is 12.2 Å². The monoisotopic (exact) mass is 452 g/mol.